The van der Waals surface area contributed by atoms with Crippen LogP contribution in [0.5, 0.6) is 5.75 Å². The second kappa shape index (κ2) is 11.6. The van der Waals surface area contributed by atoms with Crippen LogP contribution in [-0.4, -0.2) is 39.1 Å². The molecule has 3 heterocycles. The van der Waals surface area contributed by atoms with Crippen molar-refractivity contribution in [3.63, 3.8) is 0 Å². The summed E-state index contributed by atoms with van der Waals surface area (Å²) in [4.78, 5) is 19.8. The van der Waals surface area contributed by atoms with E-state index >= 15 is 0 Å². The molecule has 2 fully saturated rings. The van der Waals surface area contributed by atoms with Gasteiger partial charge in [-0.15, -0.1) is 0 Å². The van der Waals surface area contributed by atoms with Crippen molar-refractivity contribution in [3.05, 3.63) is 77.4 Å². The van der Waals surface area contributed by atoms with Crippen LogP contribution in [0.15, 0.2) is 54.7 Å². The number of ether oxygens (including phenoxy) is 1. The van der Waals surface area contributed by atoms with Gasteiger partial charge < -0.3 is 24.8 Å². The van der Waals surface area contributed by atoms with E-state index in [2.05, 4.69) is 45.0 Å². The molecule has 0 spiro atoms. The maximum atomic E-state index is 13.0. The summed E-state index contributed by atoms with van der Waals surface area (Å²) < 4.78 is 7.93. The van der Waals surface area contributed by atoms with E-state index in [0.29, 0.717) is 35.6 Å². The first-order valence-corrected chi connectivity index (χ1v) is 14.0. The summed E-state index contributed by atoms with van der Waals surface area (Å²) >= 11 is 5.85. The number of methoxy groups -OCH3 is 1. The molecule has 0 bridgehead atoms. The number of amides is 1. The molecular formula is C30H37N5O2S. The van der Waals surface area contributed by atoms with Crippen molar-refractivity contribution in [1.82, 2.24) is 19.8 Å². The van der Waals surface area contributed by atoms with Gasteiger partial charge in [-0.05, 0) is 74.8 Å². The van der Waals surface area contributed by atoms with E-state index in [0.717, 1.165) is 5.69 Å². The Hall–Kier alpha value is -3.39. The van der Waals surface area contributed by atoms with E-state index in [-0.39, 0.29) is 18.0 Å². The van der Waals surface area contributed by atoms with Crippen LogP contribution < -0.4 is 15.4 Å². The first-order chi connectivity index (χ1) is 18.5. The number of carbonyl (C=O) groups is 1. The van der Waals surface area contributed by atoms with Gasteiger partial charge in [0.25, 0.3) is 0 Å². The van der Waals surface area contributed by atoms with Crippen LogP contribution >= 0.6 is 12.2 Å². The minimum Gasteiger partial charge on any atom is -0.495 e. The van der Waals surface area contributed by atoms with Crippen LogP contribution in [0.4, 0.5) is 5.69 Å². The fraction of sp³-hybridized carbons (Fsp3) is 0.433. The van der Waals surface area contributed by atoms with Crippen LogP contribution in [0.3, 0.4) is 0 Å². The molecule has 1 saturated heterocycles. The number of rotatable bonds is 8. The van der Waals surface area contributed by atoms with Crippen LogP contribution in [-0.2, 0) is 4.79 Å². The third-order valence-electron chi connectivity index (χ3n) is 7.94. The normalized spacial score (nSPS) is 19.9. The van der Waals surface area contributed by atoms with Gasteiger partial charge in [-0.1, -0.05) is 37.5 Å². The monoisotopic (exact) mass is 531 g/mol. The molecule has 2 aromatic heterocycles. The van der Waals surface area contributed by atoms with Crippen molar-refractivity contribution in [2.24, 2.45) is 0 Å². The Morgan fingerprint density at radius 3 is 2.63 bits per heavy atom. The number of nitrogens with zero attached hydrogens (tertiary/aromatic N) is 3. The fourth-order valence-electron chi connectivity index (χ4n) is 6.17. The number of hydrogen-bond donors (Lipinski definition) is 2. The lowest BCUT2D eigenvalue weighted by atomic mass is 9.94. The van der Waals surface area contributed by atoms with Crippen LogP contribution in [0, 0.1) is 13.8 Å². The average Bonchev–Trinajstić information content (AvgIpc) is 3.42. The Bertz CT molecular complexity index is 1290. The first kappa shape index (κ1) is 26.2. The lowest BCUT2D eigenvalue weighted by Crippen LogP contribution is -2.33. The molecule has 1 aromatic carbocycles. The van der Waals surface area contributed by atoms with Crippen molar-refractivity contribution < 1.29 is 9.53 Å². The largest absolute Gasteiger partial charge is 0.495 e. The number of nitrogens with one attached hydrogen (secondary N) is 2. The minimum atomic E-state index is -0.0960. The van der Waals surface area contributed by atoms with Crippen molar-refractivity contribution in [1.29, 1.82) is 0 Å². The van der Waals surface area contributed by atoms with E-state index in [4.69, 9.17) is 17.0 Å². The van der Waals surface area contributed by atoms with E-state index in [9.17, 15) is 4.79 Å². The Kier molecular flexibility index (Phi) is 7.98. The molecule has 8 heteroatoms. The topological polar surface area (TPSA) is 71.4 Å². The summed E-state index contributed by atoms with van der Waals surface area (Å²) in [5, 5.41) is 7.18. The Morgan fingerprint density at radius 1 is 1.13 bits per heavy atom. The minimum absolute atomic E-state index is 0.0556. The number of benzene rings is 1. The van der Waals surface area contributed by atoms with Crippen LogP contribution in [0.2, 0.25) is 0 Å². The van der Waals surface area contributed by atoms with Gasteiger partial charge in [0.05, 0.1) is 30.6 Å². The number of aromatic nitrogens is 2. The predicted molar refractivity (Wildman–Crippen MR) is 154 cm³/mol. The SMILES string of the molecule is COc1ccccc1NC(=O)CCN1C(=S)N[C@@H](c2ccccn2)[C@@H]1c1cc(C)n(C2CCCCC2)c1C. The first-order valence-electron chi connectivity index (χ1n) is 13.6. The van der Waals surface area contributed by atoms with Crippen molar-refractivity contribution >= 4 is 28.9 Å². The zero-order valence-electron chi connectivity index (χ0n) is 22.4. The van der Waals surface area contributed by atoms with Gasteiger partial charge in [0.1, 0.15) is 5.75 Å². The highest BCUT2D eigenvalue weighted by atomic mass is 32.1. The van der Waals surface area contributed by atoms with Crippen molar-refractivity contribution in [3.8, 4) is 5.75 Å². The number of para-hydroxylation sites is 2. The van der Waals surface area contributed by atoms with E-state index < -0.39 is 0 Å². The molecule has 7 nitrogen and oxygen atoms in total. The van der Waals surface area contributed by atoms with Gasteiger partial charge in [0.2, 0.25) is 5.91 Å². The highest BCUT2D eigenvalue weighted by Gasteiger charge is 2.41. The summed E-state index contributed by atoms with van der Waals surface area (Å²) in [6.07, 6.45) is 8.49. The quantitative estimate of drug-likeness (QED) is 0.347. The molecule has 2 atom stereocenters. The molecule has 1 aliphatic heterocycles. The smallest absolute Gasteiger partial charge is 0.226 e. The molecule has 38 heavy (non-hydrogen) atoms. The summed E-state index contributed by atoms with van der Waals surface area (Å²) in [5.41, 5.74) is 5.44. The summed E-state index contributed by atoms with van der Waals surface area (Å²) in [5.74, 6) is 0.562. The highest BCUT2D eigenvalue weighted by molar-refractivity contribution is 7.80. The van der Waals surface area contributed by atoms with Crippen LogP contribution in [0.1, 0.15) is 79.3 Å². The number of thiocarbonyl (C=S) groups is 1. The molecule has 0 radical (unpaired) electrons. The summed E-state index contributed by atoms with van der Waals surface area (Å²) in [6.45, 7) is 4.95. The molecule has 5 rings (SSSR count). The second-order valence-electron chi connectivity index (χ2n) is 10.3. The number of anilines is 1. The number of aryl methyl sites for hydroxylation is 1. The standard InChI is InChI=1S/C30H37N5O2S/c1-20-19-23(21(2)35(20)22-11-5-4-6-12-22)29-28(25-14-9-10-17-31-25)33-30(38)34(29)18-16-27(36)32-24-13-7-8-15-26(24)37-3/h7-10,13-15,17,19,22,28-29H,4-6,11-12,16,18H2,1-3H3,(H,32,36)(H,33,38)/t28-,29-/m0/s1. The molecule has 1 amide bonds. The van der Waals surface area contributed by atoms with Gasteiger partial charge >= 0.3 is 0 Å². The number of carbonyl (C=O) groups excluding carboxylic acids is 1. The zero-order valence-corrected chi connectivity index (χ0v) is 23.3. The fourth-order valence-corrected chi connectivity index (χ4v) is 6.50. The van der Waals surface area contributed by atoms with Gasteiger partial charge in [-0.3, -0.25) is 9.78 Å². The number of pyridine rings is 1. The van der Waals surface area contributed by atoms with Crippen molar-refractivity contribution in [2.45, 2.75) is 70.5 Å². The molecule has 2 N–H and O–H groups in total. The maximum Gasteiger partial charge on any atom is 0.226 e. The molecule has 1 aliphatic carbocycles. The highest BCUT2D eigenvalue weighted by Crippen LogP contribution is 2.42. The van der Waals surface area contributed by atoms with Gasteiger partial charge in [-0.25, -0.2) is 0 Å². The number of hydrogen-bond acceptors (Lipinski definition) is 4. The molecule has 3 aromatic rings. The molecule has 0 unspecified atom stereocenters. The van der Waals surface area contributed by atoms with E-state index in [1.54, 1.807) is 7.11 Å². The molecule has 200 valence electrons. The zero-order chi connectivity index (χ0) is 26.6. The third-order valence-corrected chi connectivity index (χ3v) is 8.29. The lowest BCUT2D eigenvalue weighted by molar-refractivity contribution is -0.116. The van der Waals surface area contributed by atoms with E-state index in [1.807, 2.05) is 48.7 Å². The summed E-state index contributed by atoms with van der Waals surface area (Å²) in [6, 6.07) is 16.2. The van der Waals surface area contributed by atoms with Crippen molar-refractivity contribution in [2.75, 3.05) is 19.0 Å². The Balaban J connectivity index is 1.42. The maximum absolute atomic E-state index is 13.0. The lowest BCUT2D eigenvalue weighted by Gasteiger charge is -2.29. The molecule has 2 aliphatic rings. The van der Waals surface area contributed by atoms with Gasteiger partial charge in [0, 0.05) is 36.6 Å². The van der Waals surface area contributed by atoms with E-state index in [1.165, 1.54) is 49.1 Å². The Labute approximate surface area is 230 Å². The van der Waals surface area contributed by atoms with Gasteiger partial charge in [-0.2, -0.15) is 0 Å². The third kappa shape index (κ3) is 5.27. The second-order valence-corrected chi connectivity index (χ2v) is 10.7. The average molecular weight is 532 g/mol. The van der Waals surface area contributed by atoms with Gasteiger partial charge in [0.15, 0.2) is 5.11 Å². The Morgan fingerprint density at radius 2 is 1.89 bits per heavy atom. The molecular weight excluding hydrogens is 494 g/mol. The predicted octanol–water partition coefficient (Wildman–Crippen LogP) is 6.02. The molecule has 1 saturated carbocycles. The summed E-state index contributed by atoms with van der Waals surface area (Å²) in [7, 11) is 1.60. The van der Waals surface area contributed by atoms with Crippen LogP contribution in [0.25, 0.3) is 0 Å².